The topological polar surface area (TPSA) is 72.9 Å². The molecule has 0 unspecified atom stereocenters. The Morgan fingerprint density at radius 3 is 2.19 bits per heavy atom. The van der Waals surface area contributed by atoms with Crippen LogP contribution in [-0.4, -0.2) is 50.1 Å². The van der Waals surface area contributed by atoms with Gasteiger partial charge < -0.3 is 24.4 Å². The molecule has 0 radical (unpaired) electrons. The van der Waals surface area contributed by atoms with Crippen molar-refractivity contribution >= 4 is 17.6 Å². The number of amides is 1. The third-order valence-electron chi connectivity index (χ3n) is 6.50. The summed E-state index contributed by atoms with van der Waals surface area (Å²) in [5, 5.41) is 11.6. The number of aliphatic carboxylic acids is 1. The number of methoxy groups -OCH3 is 1. The second-order valence-corrected chi connectivity index (χ2v) is 7.71. The predicted octanol–water partition coefficient (Wildman–Crippen LogP) is 0.756. The highest BCUT2D eigenvalue weighted by Gasteiger charge is 2.52. The average molecular weight is 357 g/mol. The monoisotopic (exact) mass is 357 g/mol. The summed E-state index contributed by atoms with van der Waals surface area (Å²) in [4.78, 5) is 28.7. The molecule has 3 fully saturated rings. The summed E-state index contributed by atoms with van der Waals surface area (Å²) in [5.41, 5.74) is 1.12. The number of ether oxygens (including phenoxy) is 1. The molecule has 0 spiro atoms. The Balaban J connectivity index is 1.39. The fourth-order valence-corrected chi connectivity index (χ4v) is 5.17. The lowest BCUT2D eigenvalue weighted by atomic mass is 9.78. The normalized spacial score (nSPS) is 30.5. The molecule has 1 aromatic carbocycles. The molecule has 26 heavy (non-hydrogen) atoms. The molecule has 1 heterocycles. The number of hydrogen-bond acceptors (Lipinski definition) is 5. The van der Waals surface area contributed by atoms with Crippen molar-refractivity contribution in [2.45, 2.75) is 19.3 Å². The van der Waals surface area contributed by atoms with E-state index in [0.717, 1.165) is 43.8 Å². The van der Waals surface area contributed by atoms with Crippen molar-refractivity contribution in [2.24, 2.45) is 23.7 Å². The second kappa shape index (κ2) is 6.82. The molecule has 1 amide bonds. The van der Waals surface area contributed by atoms with Gasteiger partial charge in [-0.05, 0) is 55.4 Å². The van der Waals surface area contributed by atoms with Crippen molar-refractivity contribution in [3.63, 3.8) is 0 Å². The van der Waals surface area contributed by atoms with Gasteiger partial charge in [0.05, 0.1) is 7.11 Å². The number of nitrogens with zero attached hydrogens (tertiary/aromatic N) is 2. The number of hydrogen-bond donors (Lipinski definition) is 0. The maximum absolute atomic E-state index is 13.0. The minimum Gasteiger partial charge on any atom is -0.550 e. The van der Waals surface area contributed by atoms with Crippen LogP contribution in [0.3, 0.4) is 0 Å². The zero-order valence-corrected chi connectivity index (χ0v) is 15.1. The lowest BCUT2D eigenvalue weighted by Gasteiger charge is -2.40. The molecule has 0 N–H and O–H groups in total. The highest BCUT2D eigenvalue weighted by molar-refractivity contribution is 5.86. The number of anilines is 1. The first-order chi connectivity index (χ1) is 12.6. The Morgan fingerprint density at radius 2 is 1.62 bits per heavy atom. The highest BCUT2D eigenvalue weighted by atomic mass is 16.5. The van der Waals surface area contributed by atoms with Gasteiger partial charge in [0.1, 0.15) is 5.75 Å². The van der Waals surface area contributed by atoms with Gasteiger partial charge in [-0.1, -0.05) is 0 Å². The highest BCUT2D eigenvalue weighted by Crippen LogP contribution is 2.52. The zero-order chi connectivity index (χ0) is 18.3. The Kier molecular flexibility index (Phi) is 4.51. The van der Waals surface area contributed by atoms with Crippen LogP contribution in [0.25, 0.3) is 0 Å². The summed E-state index contributed by atoms with van der Waals surface area (Å²) in [5.74, 6) is -0.762. The molecular formula is C20H25N2O4-. The van der Waals surface area contributed by atoms with Crippen molar-refractivity contribution in [1.29, 1.82) is 0 Å². The van der Waals surface area contributed by atoms with Crippen LogP contribution in [0.5, 0.6) is 5.75 Å². The van der Waals surface area contributed by atoms with E-state index in [9.17, 15) is 14.7 Å². The number of carbonyl (C=O) groups is 2. The largest absolute Gasteiger partial charge is 0.550 e. The van der Waals surface area contributed by atoms with Crippen molar-refractivity contribution < 1.29 is 19.4 Å². The van der Waals surface area contributed by atoms with Crippen molar-refractivity contribution in [3.05, 3.63) is 24.3 Å². The van der Waals surface area contributed by atoms with Gasteiger partial charge in [0.2, 0.25) is 5.91 Å². The van der Waals surface area contributed by atoms with E-state index < -0.39 is 11.9 Å². The quantitative estimate of drug-likeness (QED) is 0.795. The van der Waals surface area contributed by atoms with E-state index in [1.165, 1.54) is 0 Å². The molecule has 1 aromatic rings. The third kappa shape index (κ3) is 2.91. The lowest BCUT2D eigenvalue weighted by molar-refractivity contribution is -0.314. The Bertz CT molecular complexity index is 682. The molecule has 6 heteroatoms. The van der Waals surface area contributed by atoms with E-state index in [0.29, 0.717) is 13.1 Å². The van der Waals surface area contributed by atoms with Gasteiger partial charge in [0, 0.05) is 49.7 Å². The van der Waals surface area contributed by atoms with Gasteiger partial charge >= 0.3 is 0 Å². The summed E-state index contributed by atoms with van der Waals surface area (Å²) in [7, 11) is 1.65. The Labute approximate surface area is 153 Å². The van der Waals surface area contributed by atoms with Crippen LogP contribution in [0, 0.1) is 23.7 Å². The molecule has 2 saturated carbocycles. The molecule has 4 atom stereocenters. The van der Waals surface area contributed by atoms with Gasteiger partial charge in [-0.25, -0.2) is 0 Å². The fraction of sp³-hybridized carbons (Fsp3) is 0.600. The fourth-order valence-electron chi connectivity index (χ4n) is 5.17. The van der Waals surface area contributed by atoms with Crippen LogP contribution in [0.1, 0.15) is 19.3 Å². The molecule has 1 aliphatic heterocycles. The van der Waals surface area contributed by atoms with Gasteiger partial charge in [-0.3, -0.25) is 4.79 Å². The SMILES string of the molecule is COc1ccc(N2CCN(C(=O)[C@@H]3[C@@H]4CC[C@@H](C4)[C@@H]3C(=O)[O-])CC2)cc1. The summed E-state index contributed by atoms with van der Waals surface area (Å²) >= 11 is 0. The number of benzene rings is 1. The molecule has 4 rings (SSSR count). The number of piperazine rings is 1. The lowest BCUT2D eigenvalue weighted by Crippen LogP contribution is -2.53. The third-order valence-corrected chi connectivity index (χ3v) is 6.50. The van der Waals surface area contributed by atoms with E-state index in [1.54, 1.807) is 7.11 Å². The number of carbonyl (C=O) groups excluding carboxylic acids is 2. The maximum atomic E-state index is 13.0. The van der Waals surface area contributed by atoms with E-state index in [2.05, 4.69) is 4.90 Å². The summed E-state index contributed by atoms with van der Waals surface area (Å²) in [6, 6.07) is 7.93. The van der Waals surface area contributed by atoms with Crippen LogP contribution >= 0.6 is 0 Å². The standard InChI is InChI=1S/C20H26N2O4/c1-26-16-6-4-15(5-7-16)21-8-10-22(11-9-21)19(23)17-13-2-3-14(12-13)18(17)20(24)25/h4-7,13-14,17-18H,2-3,8-12H2,1H3,(H,24,25)/p-1/t13-,14+,17-,18+/m1/s1. The van der Waals surface area contributed by atoms with E-state index in [1.807, 2.05) is 29.2 Å². The van der Waals surface area contributed by atoms with Crippen molar-refractivity contribution in [2.75, 3.05) is 38.2 Å². The van der Waals surface area contributed by atoms with Crippen LogP contribution in [0.4, 0.5) is 5.69 Å². The molecule has 3 aliphatic rings. The molecule has 2 aliphatic carbocycles. The van der Waals surface area contributed by atoms with Crippen LogP contribution in [-0.2, 0) is 9.59 Å². The minimum atomic E-state index is -1.03. The minimum absolute atomic E-state index is 0.0285. The predicted molar refractivity (Wildman–Crippen MR) is 94.6 cm³/mol. The second-order valence-electron chi connectivity index (χ2n) is 7.71. The first-order valence-corrected chi connectivity index (χ1v) is 9.47. The molecule has 2 bridgehead atoms. The molecule has 6 nitrogen and oxygen atoms in total. The zero-order valence-electron chi connectivity index (χ0n) is 15.1. The van der Waals surface area contributed by atoms with Gasteiger partial charge in [-0.15, -0.1) is 0 Å². The van der Waals surface area contributed by atoms with Crippen molar-refractivity contribution in [1.82, 2.24) is 4.90 Å². The number of fused-ring (bicyclic) bond motifs is 2. The van der Waals surface area contributed by atoms with E-state index in [4.69, 9.17) is 4.74 Å². The van der Waals surface area contributed by atoms with E-state index in [-0.39, 0.29) is 23.7 Å². The van der Waals surface area contributed by atoms with Crippen LogP contribution in [0.2, 0.25) is 0 Å². The van der Waals surface area contributed by atoms with Crippen LogP contribution < -0.4 is 14.7 Å². The van der Waals surface area contributed by atoms with Gasteiger partial charge in [0.25, 0.3) is 0 Å². The Hall–Kier alpha value is -2.24. The first-order valence-electron chi connectivity index (χ1n) is 9.47. The number of carboxylic acids is 1. The summed E-state index contributed by atoms with van der Waals surface area (Å²) < 4.78 is 5.19. The summed E-state index contributed by atoms with van der Waals surface area (Å²) in [6.45, 7) is 2.79. The first kappa shape index (κ1) is 17.2. The van der Waals surface area contributed by atoms with E-state index >= 15 is 0 Å². The number of rotatable bonds is 4. The average Bonchev–Trinajstić information content (AvgIpc) is 3.29. The smallest absolute Gasteiger partial charge is 0.226 e. The molecule has 0 aromatic heterocycles. The van der Waals surface area contributed by atoms with Gasteiger partial charge in [-0.2, -0.15) is 0 Å². The van der Waals surface area contributed by atoms with Crippen LogP contribution in [0.15, 0.2) is 24.3 Å². The number of carboxylic acid groups (broad SMARTS) is 1. The van der Waals surface area contributed by atoms with Crippen molar-refractivity contribution in [3.8, 4) is 5.75 Å². The molecule has 140 valence electrons. The summed E-state index contributed by atoms with van der Waals surface area (Å²) in [6.07, 6.45) is 2.79. The molecular weight excluding hydrogens is 332 g/mol. The molecule has 1 saturated heterocycles. The Morgan fingerprint density at radius 1 is 1.00 bits per heavy atom. The maximum Gasteiger partial charge on any atom is 0.226 e. The van der Waals surface area contributed by atoms with Gasteiger partial charge in [0.15, 0.2) is 0 Å².